The lowest BCUT2D eigenvalue weighted by Gasteiger charge is -2.03. The Morgan fingerprint density at radius 2 is 2.50 bits per heavy atom. The van der Waals surface area contributed by atoms with Crippen LogP contribution in [0, 0.1) is 0 Å². The SMILES string of the molecule is NC(=O)COCCn1cncc1C=O. The van der Waals surface area contributed by atoms with Gasteiger partial charge in [0.15, 0.2) is 6.29 Å². The summed E-state index contributed by atoms with van der Waals surface area (Å²) in [6, 6.07) is 0. The number of primary amides is 1. The highest BCUT2D eigenvalue weighted by molar-refractivity contribution is 5.75. The van der Waals surface area contributed by atoms with Gasteiger partial charge >= 0.3 is 0 Å². The number of imidazole rings is 1. The molecule has 2 N–H and O–H groups in total. The summed E-state index contributed by atoms with van der Waals surface area (Å²) in [5, 5.41) is 0. The molecule has 0 atom stereocenters. The lowest BCUT2D eigenvalue weighted by atomic mass is 10.5. The molecule has 1 heterocycles. The first-order valence-electron chi connectivity index (χ1n) is 4.05. The van der Waals surface area contributed by atoms with Gasteiger partial charge in [-0.25, -0.2) is 4.98 Å². The molecule has 6 heteroatoms. The number of nitrogens with zero attached hydrogens (tertiary/aromatic N) is 2. The van der Waals surface area contributed by atoms with Crippen molar-refractivity contribution >= 4 is 12.2 Å². The van der Waals surface area contributed by atoms with Crippen molar-refractivity contribution in [3.05, 3.63) is 18.2 Å². The van der Waals surface area contributed by atoms with Gasteiger partial charge in [0.25, 0.3) is 0 Å². The van der Waals surface area contributed by atoms with Gasteiger partial charge in [-0.05, 0) is 0 Å². The standard InChI is InChI=1S/C8H11N3O3/c9-8(13)5-14-2-1-11-6-10-3-7(11)4-12/h3-4,6H,1-2,5H2,(H2,9,13). The fourth-order valence-corrected chi connectivity index (χ4v) is 0.952. The van der Waals surface area contributed by atoms with Crippen molar-refractivity contribution in [1.82, 2.24) is 9.55 Å². The second-order valence-corrected chi connectivity index (χ2v) is 2.65. The second-order valence-electron chi connectivity index (χ2n) is 2.65. The quantitative estimate of drug-likeness (QED) is 0.477. The molecule has 0 aliphatic rings. The van der Waals surface area contributed by atoms with Gasteiger partial charge in [-0.1, -0.05) is 0 Å². The number of carbonyl (C=O) groups is 2. The molecular weight excluding hydrogens is 186 g/mol. The molecule has 76 valence electrons. The Hall–Kier alpha value is -1.69. The van der Waals surface area contributed by atoms with E-state index in [1.54, 1.807) is 4.57 Å². The maximum atomic E-state index is 10.5. The van der Waals surface area contributed by atoms with E-state index >= 15 is 0 Å². The van der Waals surface area contributed by atoms with Crippen molar-refractivity contribution in [2.45, 2.75) is 6.54 Å². The average Bonchev–Trinajstić information content (AvgIpc) is 2.59. The third-order valence-corrected chi connectivity index (χ3v) is 1.59. The smallest absolute Gasteiger partial charge is 0.243 e. The van der Waals surface area contributed by atoms with E-state index in [0.717, 1.165) is 0 Å². The van der Waals surface area contributed by atoms with Crippen LogP contribution in [-0.2, 0) is 16.1 Å². The van der Waals surface area contributed by atoms with Gasteiger partial charge in [0.05, 0.1) is 19.1 Å². The molecule has 0 unspecified atom stereocenters. The van der Waals surface area contributed by atoms with Gasteiger partial charge in [0.2, 0.25) is 5.91 Å². The Labute approximate surface area is 80.7 Å². The maximum absolute atomic E-state index is 10.5. The Bertz CT molecular complexity index is 321. The van der Waals surface area contributed by atoms with Crippen LogP contribution in [-0.4, -0.2) is 35.0 Å². The van der Waals surface area contributed by atoms with Gasteiger partial charge < -0.3 is 15.0 Å². The molecule has 0 aromatic carbocycles. The molecule has 0 radical (unpaired) electrons. The molecule has 0 saturated carbocycles. The fraction of sp³-hybridized carbons (Fsp3) is 0.375. The number of nitrogens with two attached hydrogens (primary N) is 1. The normalized spacial score (nSPS) is 10.0. The third kappa shape index (κ3) is 2.98. The lowest BCUT2D eigenvalue weighted by Crippen LogP contribution is -2.19. The Kier molecular flexibility index (Phi) is 3.81. The number of aromatic nitrogens is 2. The van der Waals surface area contributed by atoms with Crippen molar-refractivity contribution in [1.29, 1.82) is 0 Å². The number of aldehydes is 1. The minimum absolute atomic E-state index is 0.106. The van der Waals surface area contributed by atoms with E-state index in [0.29, 0.717) is 25.1 Å². The summed E-state index contributed by atoms with van der Waals surface area (Å²) in [6.45, 7) is 0.687. The van der Waals surface area contributed by atoms with Crippen molar-refractivity contribution in [3.8, 4) is 0 Å². The van der Waals surface area contributed by atoms with Crippen LogP contribution in [0.5, 0.6) is 0 Å². The monoisotopic (exact) mass is 197 g/mol. The molecular formula is C8H11N3O3. The lowest BCUT2D eigenvalue weighted by molar-refractivity contribution is -0.122. The molecule has 14 heavy (non-hydrogen) atoms. The summed E-state index contributed by atoms with van der Waals surface area (Å²) in [5.41, 5.74) is 5.35. The molecule has 1 amide bonds. The van der Waals surface area contributed by atoms with E-state index in [4.69, 9.17) is 10.5 Å². The minimum atomic E-state index is -0.508. The Morgan fingerprint density at radius 3 is 3.14 bits per heavy atom. The number of rotatable bonds is 6. The van der Waals surface area contributed by atoms with E-state index in [2.05, 4.69) is 4.98 Å². The van der Waals surface area contributed by atoms with Gasteiger partial charge in [-0.15, -0.1) is 0 Å². The molecule has 0 bridgehead atoms. The summed E-state index contributed by atoms with van der Waals surface area (Å²) >= 11 is 0. The summed E-state index contributed by atoms with van der Waals surface area (Å²) in [5.74, 6) is -0.508. The molecule has 0 fully saturated rings. The van der Waals surface area contributed by atoms with Gasteiger partial charge in [-0.2, -0.15) is 0 Å². The van der Waals surface area contributed by atoms with Crippen molar-refractivity contribution in [2.24, 2.45) is 5.73 Å². The zero-order valence-corrected chi connectivity index (χ0v) is 7.55. The molecule has 1 aromatic rings. The number of hydrogen-bond acceptors (Lipinski definition) is 4. The van der Waals surface area contributed by atoms with Crippen LogP contribution in [0.2, 0.25) is 0 Å². The van der Waals surface area contributed by atoms with Crippen molar-refractivity contribution in [2.75, 3.05) is 13.2 Å². The third-order valence-electron chi connectivity index (χ3n) is 1.59. The first-order valence-corrected chi connectivity index (χ1v) is 4.05. The zero-order valence-electron chi connectivity index (χ0n) is 7.55. The zero-order chi connectivity index (χ0) is 10.4. The first-order chi connectivity index (χ1) is 6.74. The van der Waals surface area contributed by atoms with E-state index in [9.17, 15) is 9.59 Å². The predicted molar refractivity (Wildman–Crippen MR) is 47.6 cm³/mol. The molecule has 1 rings (SSSR count). The molecule has 0 saturated heterocycles. The molecule has 0 aliphatic carbocycles. The maximum Gasteiger partial charge on any atom is 0.243 e. The van der Waals surface area contributed by atoms with E-state index in [1.807, 2.05) is 0 Å². The van der Waals surface area contributed by atoms with Crippen LogP contribution in [0.3, 0.4) is 0 Å². The van der Waals surface area contributed by atoms with Crippen LogP contribution in [0.1, 0.15) is 10.5 Å². The van der Waals surface area contributed by atoms with Crippen LogP contribution < -0.4 is 5.73 Å². The Morgan fingerprint density at radius 1 is 1.71 bits per heavy atom. The van der Waals surface area contributed by atoms with Crippen LogP contribution in [0.4, 0.5) is 0 Å². The topological polar surface area (TPSA) is 87.2 Å². The Balaban J connectivity index is 2.31. The number of ether oxygens (including phenoxy) is 1. The van der Waals surface area contributed by atoms with Crippen LogP contribution >= 0.6 is 0 Å². The number of amides is 1. The van der Waals surface area contributed by atoms with Gasteiger partial charge in [-0.3, -0.25) is 9.59 Å². The highest BCUT2D eigenvalue weighted by atomic mass is 16.5. The van der Waals surface area contributed by atoms with Crippen molar-refractivity contribution in [3.63, 3.8) is 0 Å². The highest BCUT2D eigenvalue weighted by Crippen LogP contribution is 1.94. The highest BCUT2D eigenvalue weighted by Gasteiger charge is 2.00. The second kappa shape index (κ2) is 5.13. The van der Waals surface area contributed by atoms with E-state index in [-0.39, 0.29) is 6.61 Å². The summed E-state index contributed by atoms with van der Waals surface area (Å²) in [6.07, 6.45) is 3.69. The molecule has 1 aromatic heterocycles. The van der Waals surface area contributed by atoms with Crippen LogP contribution in [0.25, 0.3) is 0 Å². The van der Waals surface area contributed by atoms with Gasteiger partial charge in [0.1, 0.15) is 12.3 Å². The van der Waals surface area contributed by atoms with Gasteiger partial charge in [0, 0.05) is 6.54 Å². The minimum Gasteiger partial charge on any atom is -0.370 e. The summed E-state index contributed by atoms with van der Waals surface area (Å²) < 4.78 is 6.56. The molecule has 6 nitrogen and oxygen atoms in total. The number of hydrogen-bond donors (Lipinski definition) is 1. The van der Waals surface area contributed by atoms with Crippen LogP contribution in [0.15, 0.2) is 12.5 Å². The molecule has 0 spiro atoms. The fourth-order valence-electron chi connectivity index (χ4n) is 0.952. The average molecular weight is 197 g/mol. The van der Waals surface area contributed by atoms with E-state index < -0.39 is 5.91 Å². The molecule has 0 aliphatic heterocycles. The largest absolute Gasteiger partial charge is 0.370 e. The summed E-state index contributed by atoms with van der Waals surface area (Å²) in [4.78, 5) is 24.6. The first kappa shape index (κ1) is 10.4. The summed E-state index contributed by atoms with van der Waals surface area (Å²) in [7, 11) is 0. The van der Waals surface area contributed by atoms with E-state index in [1.165, 1.54) is 12.5 Å². The predicted octanol–water partition coefficient (Wildman–Crippen LogP) is -0.803. The van der Waals surface area contributed by atoms with Crippen molar-refractivity contribution < 1.29 is 14.3 Å². The number of carbonyl (C=O) groups excluding carboxylic acids is 2.